The van der Waals surface area contributed by atoms with E-state index in [0.717, 1.165) is 26.2 Å². The van der Waals surface area contributed by atoms with Gasteiger partial charge < -0.3 is 9.47 Å². The van der Waals surface area contributed by atoms with Crippen molar-refractivity contribution in [3.63, 3.8) is 0 Å². The predicted octanol–water partition coefficient (Wildman–Crippen LogP) is 0.891. The van der Waals surface area contributed by atoms with Crippen molar-refractivity contribution >= 4 is 0 Å². The molecule has 13 heavy (non-hydrogen) atoms. The van der Waals surface area contributed by atoms with Gasteiger partial charge in [-0.25, -0.2) is 0 Å². The van der Waals surface area contributed by atoms with E-state index in [0.29, 0.717) is 11.5 Å². The standard InChI is InChI=1S/C10H17NO2/c1-8-9(2-3-9)6-13-10(11-8)4-5-12-7-10/h8,11H,2-7H2,1H3. The summed E-state index contributed by atoms with van der Waals surface area (Å²) in [6.07, 6.45) is 3.67. The molecule has 3 fully saturated rings. The molecule has 1 N–H and O–H groups in total. The molecule has 0 amide bonds. The molecule has 1 aliphatic carbocycles. The average Bonchev–Trinajstić information content (AvgIpc) is 2.78. The lowest BCUT2D eigenvalue weighted by Gasteiger charge is -2.42. The Bertz CT molecular complexity index is 219. The summed E-state index contributed by atoms with van der Waals surface area (Å²) in [7, 11) is 0. The van der Waals surface area contributed by atoms with Crippen LogP contribution in [0.25, 0.3) is 0 Å². The van der Waals surface area contributed by atoms with Crippen LogP contribution in [0.15, 0.2) is 0 Å². The molecule has 0 aromatic heterocycles. The highest BCUT2D eigenvalue weighted by Gasteiger charge is 2.55. The van der Waals surface area contributed by atoms with Gasteiger partial charge in [-0.3, -0.25) is 5.32 Å². The Labute approximate surface area is 78.8 Å². The van der Waals surface area contributed by atoms with Crippen molar-refractivity contribution < 1.29 is 9.47 Å². The van der Waals surface area contributed by atoms with Gasteiger partial charge in [-0.1, -0.05) is 0 Å². The van der Waals surface area contributed by atoms with Gasteiger partial charge in [0.1, 0.15) is 5.72 Å². The van der Waals surface area contributed by atoms with Gasteiger partial charge in [0.2, 0.25) is 0 Å². The molecule has 2 heterocycles. The molecule has 2 atom stereocenters. The summed E-state index contributed by atoms with van der Waals surface area (Å²) in [6, 6.07) is 0.600. The lowest BCUT2D eigenvalue weighted by molar-refractivity contribution is -0.137. The van der Waals surface area contributed by atoms with Gasteiger partial charge >= 0.3 is 0 Å². The Morgan fingerprint density at radius 3 is 2.62 bits per heavy atom. The van der Waals surface area contributed by atoms with Gasteiger partial charge in [0.25, 0.3) is 0 Å². The van der Waals surface area contributed by atoms with Crippen LogP contribution in [0.4, 0.5) is 0 Å². The molecule has 0 radical (unpaired) electrons. The average molecular weight is 183 g/mol. The van der Waals surface area contributed by atoms with Gasteiger partial charge in [-0.15, -0.1) is 0 Å². The number of ether oxygens (including phenoxy) is 2. The SMILES string of the molecule is CC1NC2(CCOC2)OCC12CC2. The quantitative estimate of drug-likeness (QED) is 0.605. The molecule has 0 aromatic carbocycles. The van der Waals surface area contributed by atoms with E-state index in [1.807, 2.05) is 0 Å². The van der Waals surface area contributed by atoms with E-state index in [1.54, 1.807) is 0 Å². The van der Waals surface area contributed by atoms with Gasteiger partial charge in [-0.2, -0.15) is 0 Å². The zero-order chi connectivity index (χ0) is 8.94. The molecule has 3 rings (SSSR count). The minimum absolute atomic E-state index is 0.132. The van der Waals surface area contributed by atoms with Gasteiger partial charge in [0.15, 0.2) is 0 Å². The fourth-order valence-electron chi connectivity index (χ4n) is 2.51. The molecular weight excluding hydrogens is 166 g/mol. The summed E-state index contributed by atoms with van der Waals surface area (Å²) < 4.78 is 11.3. The number of nitrogens with one attached hydrogen (secondary N) is 1. The summed E-state index contributed by atoms with van der Waals surface area (Å²) in [4.78, 5) is 0. The molecule has 3 aliphatic rings. The zero-order valence-electron chi connectivity index (χ0n) is 8.14. The van der Waals surface area contributed by atoms with E-state index in [2.05, 4.69) is 12.2 Å². The molecule has 3 nitrogen and oxygen atoms in total. The Balaban J connectivity index is 1.75. The van der Waals surface area contributed by atoms with Crippen molar-refractivity contribution in [3.05, 3.63) is 0 Å². The normalized spacial score (nSPS) is 47.3. The third kappa shape index (κ3) is 1.14. The van der Waals surface area contributed by atoms with Crippen molar-refractivity contribution in [2.75, 3.05) is 19.8 Å². The van der Waals surface area contributed by atoms with Crippen LogP contribution in [0.3, 0.4) is 0 Å². The minimum atomic E-state index is -0.132. The Morgan fingerprint density at radius 2 is 2.08 bits per heavy atom. The van der Waals surface area contributed by atoms with Crippen LogP contribution in [0.1, 0.15) is 26.2 Å². The van der Waals surface area contributed by atoms with Crippen molar-refractivity contribution in [2.24, 2.45) is 5.41 Å². The first-order valence-electron chi connectivity index (χ1n) is 5.24. The first-order chi connectivity index (χ1) is 6.25. The number of rotatable bonds is 0. The van der Waals surface area contributed by atoms with Crippen LogP contribution >= 0.6 is 0 Å². The Kier molecular flexibility index (Phi) is 1.56. The summed E-state index contributed by atoms with van der Waals surface area (Å²) in [6.45, 7) is 4.79. The molecule has 2 unspecified atom stereocenters. The fourth-order valence-corrected chi connectivity index (χ4v) is 2.51. The van der Waals surface area contributed by atoms with E-state index in [4.69, 9.17) is 9.47 Å². The molecule has 2 aliphatic heterocycles. The maximum absolute atomic E-state index is 5.94. The third-order valence-corrected chi connectivity index (χ3v) is 3.91. The van der Waals surface area contributed by atoms with Crippen molar-refractivity contribution in [1.82, 2.24) is 5.32 Å². The molecular formula is C10H17NO2. The zero-order valence-corrected chi connectivity index (χ0v) is 8.14. The van der Waals surface area contributed by atoms with E-state index in [1.165, 1.54) is 12.8 Å². The van der Waals surface area contributed by atoms with Crippen LogP contribution in [0, 0.1) is 5.41 Å². The first-order valence-corrected chi connectivity index (χ1v) is 5.24. The molecule has 74 valence electrons. The van der Waals surface area contributed by atoms with Crippen molar-refractivity contribution in [1.29, 1.82) is 0 Å². The molecule has 0 aromatic rings. The van der Waals surface area contributed by atoms with Crippen LogP contribution < -0.4 is 5.32 Å². The van der Waals surface area contributed by atoms with Crippen LogP contribution in [0.2, 0.25) is 0 Å². The van der Waals surface area contributed by atoms with Gasteiger partial charge in [0, 0.05) is 17.9 Å². The predicted molar refractivity (Wildman–Crippen MR) is 48.4 cm³/mol. The lowest BCUT2D eigenvalue weighted by Crippen LogP contribution is -2.60. The van der Waals surface area contributed by atoms with E-state index in [9.17, 15) is 0 Å². The monoisotopic (exact) mass is 183 g/mol. The van der Waals surface area contributed by atoms with E-state index < -0.39 is 0 Å². The fraction of sp³-hybridized carbons (Fsp3) is 1.00. The molecule has 0 bridgehead atoms. The molecule has 1 saturated carbocycles. The third-order valence-electron chi connectivity index (χ3n) is 3.91. The Morgan fingerprint density at radius 1 is 1.23 bits per heavy atom. The van der Waals surface area contributed by atoms with Crippen LogP contribution in [-0.4, -0.2) is 31.6 Å². The Hall–Kier alpha value is -0.120. The number of hydrogen-bond acceptors (Lipinski definition) is 3. The maximum atomic E-state index is 5.94. The second-order valence-corrected chi connectivity index (χ2v) is 4.81. The van der Waals surface area contributed by atoms with Crippen molar-refractivity contribution in [3.8, 4) is 0 Å². The van der Waals surface area contributed by atoms with Gasteiger partial charge in [0.05, 0.1) is 19.8 Å². The second-order valence-electron chi connectivity index (χ2n) is 4.81. The van der Waals surface area contributed by atoms with Crippen molar-refractivity contribution in [2.45, 2.75) is 38.0 Å². The highest BCUT2D eigenvalue weighted by atomic mass is 16.6. The topological polar surface area (TPSA) is 30.5 Å². The molecule has 2 saturated heterocycles. The summed E-state index contributed by atoms with van der Waals surface area (Å²) in [5.74, 6) is 0. The number of hydrogen-bond donors (Lipinski definition) is 1. The minimum Gasteiger partial charge on any atom is -0.377 e. The summed E-state index contributed by atoms with van der Waals surface area (Å²) in [5, 5.41) is 3.60. The molecule has 3 heteroatoms. The first kappa shape index (κ1) is 8.21. The van der Waals surface area contributed by atoms with Gasteiger partial charge in [-0.05, 0) is 19.8 Å². The highest BCUT2D eigenvalue weighted by Crippen LogP contribution is 2.52. The van der Waals surface area contributed by atoms with E-state index >= 15 is 0 Å². The van der Waals surface area contributed by atoms with E-state index in [-0.39, 0.29) is 5.72 Å². The lowest BCUT2D eigenvalue weighted by atomic mass is 9.94. The molecule has 2 spiro atoms. The summed E-state index contributed by atoms with van der Waals surface area (Å²) >= 11 is 0. The maximum Gasteiger partial charge on any atom is 0.145 e. The van der Waals surface area contributed by atoms with Crippen LogP contribution in [0.5, 0.6) is 0 Å². The van der Waals surface area contributed by atoms with Crippen LogP contribution in [-0.2, 0) is 9.47 Å². The summed E-state index contributed by atoms with van der Waals surface area (Å²) in [5.41, 5.74) is 0.348. The largest absolute Gasteiger partial charge is 0.377 e. The second kappa shape index (κ2) is 2.47. The smallest absolute Gasteiger partial charge is 0.145 e. The highest BCUT2D eigenvalue weighted by molar-refractivity contribution is 5.06.